The van der Waals surface area contributed by atoms with Gasteiger partial charge in [0.15, 0.2) is 0 Å². The van der Waals surface area contributed by atoms with E-state index in [9.17, 15) is 4.79 Å². The number of carbonyl (C=O) groups is 1. The SMILES string of the molecule is N#C/C(=C\c1ccc(Cl)cc1Cl)C(=O)Nc1ccccc1Cl. The normalized spacial score (nSPS) is 10.9. The molecule has 0 bridgehead atoms. The van der Waals surface area contributed by atoms with Crippen LogP contribution in [0.25, 0.3) is 6.08 Å². The van der Waals surface area contributed by atoms with E-state index in [0.29, 0.717) is 26.3 Å². The van der Waals surface area contributed by atoms with Crippen molar-refractivity contribution in [3.05, 3.63) is 68.7 Å². The molecule has 2 aromatic carbocycles. The lowest BCUT2D eigenvalue weighted by Gasteiger charge is -2.06. The molecule has 0 radical (unpaired) electrons. The fourth-order valence-electron chi connectivity index (χ4n) is 1.67. The molecule has 0 aliphatic rings. The summed E-state index contributed by atoms with van der Waals surface area (Å²) in [5.41, 5.74) is 0.860. The Morgan fingerprint density at radius 2 is 1.82 bits per heavy atom. The van der Waals surface area contributed by atoms with Gasteiger partial charge in [-0.15, -0.1) is 0 Å². The minimum atomic E-state index is -0.568. The Morgan fingerprint density at radius 1 is 1.09 bits per heavy atom. The van der Waals surface area contributed by atoms with Gasteiger partial charge in [0.25, 0.3) is 5.91 Å². The standard InChI is InChI=1S/C16H9Cl3N2O/c17-12-6-5-10(14(19)8-12)7-11(9-20)16(22)21-15-4-2-1-3-13(15)18/h1-8H,(H,21,22)/b11-7+. The maximum Gasteiger partial charge on any atom is 0.266 e. The summed E-state index contributed by atoms with van der Waals surface area (Å²) in [6.45, 7) is 0. The van der Waals surface area contributed by atoms with E-state index >= 15 is 0 Å². The number of hydrogen-bond acceptors (Lipinski definition) is 2. The van der Waals surface area contributed by atoms with Gasteiger partial charge in [-0.1, -0.05) is 53.0 Å². The predicted octanol–water partition coefficient (Wildman–Crippen LogP) is 5.19. The van der Waals surface area contributed by atoms with Crippen molar-refractivity contribution < 1.29 is 4.79 Å². The number of hydrogen-bond donors (Lipinski definition) is 1. The first kappa shape index (κ1) is 16.4. The molecule has 110 valence electrons. The average Bonchev–Trinajstić information content (AvgIpc) is 2.49. The molecule has 3 nitrogen and oxygen atoms in total. The number of nitriles is 1. The van der Waals surface area contributed by atoms with Crippen molar-refractivity contribution in [3.63, 3.8) is 0 Å². The molecule has 0 aromatic heterocycles. The minimum absolute atomic E-state index is 0.0934. The topological polar surface area (TPSA) is 52.9 Å². The molecule has 0 aliphatic carbocycles. The molecule has 1 amide bonds. The van der Waals surface area contributed by atoms with Crippen LogP contribution in [0.1, 0.15) is 5.56 Å². The molecule has 6 heteroatoms. The Kier molecular flexibility index (Phi) is 5.46. The average molecular weight is 352 g/mol. The molecule has 0 atom stereocenters. The maximum absolute atomic E-state index is 12.1. The fourth-order valence-corrected chi connectivity index (χ4v) is 2.32. The third-order valence-corrected chi connectivity index (χ3v) is 3.64. The molecule has 0 aliphatic heterocycles. The third kappa shape index (κ3) is 4.02. The van der Waals surface area contributed by atoms with E-state index < -0.39 is 5.91 Å². The number of nitrogens with zero attached hydrogens (tertiary/aromatic N) is 1. The second-order valence-electron chi connectivity index (χ2n) is 4.27. The summed E-state index contributed by atoms with van der Waals surface area (Å²) in [6, 6.07) is 13.4. The van der Waals surface area contributed by atoms with Crippen molar-refractivity contribution in [3.8, 4) is 6.07 Å². The lowest BCUT2D eigenvalue weighted by molar-refractivity contribution is -0.112. The van der Waals surface area contributed by atoms with Crippen LogP contribution in [0, 0.1) is 11.3 Å². The Bertz CT molecular complexity index is 794. The van der Waals surface area contributed by atoms with Crippen LogP contribution in [0.3, 0.4) is 0 Å². The van der Waals surface area contributed by atoms with Gasteiger partial charge in [-0.3, -0.25) is 4.79 Å². The predicted molar refractivity (Wildman–Crippen MR) is 90.1 cm³/mol. The van der Waals surface area contributed by atoms with E-state index in [4.69, 9.17) is 40.1 Å². The van der Waals surface area contributed by atoms with Gasteiger partial charge in [0.1, 0.15) is 11.6 Å². The summed E-state index contributed by atoms with van der Waals surface area (Å²) >= 11 is 17.8. The molecular formula is C16H9Cl3N2O. The van der Waals surface area contributed by atoms with Crippen molar-refractivity contribution in [1.29, 1.82) is 5.26 Å². The van der Waals surface area contributed by atoms with Crippen molar-refractivity contribution in [2.24, 2.45) is 0 Å². The van der Waals surface area contributed by atoms with E-state index in [0.717, 1.165) is 0 Å². The summed E-state index contributed by atoms with van der Waals surface area (Å²) in [5, 5.41) is 13.0. The second-order valence-corrected chi connectivity index (χ2v) is 5.52. The van der Waals surface area contributed by atoms with Gasteiger partial charge < -0.3 is 5.32 Å². The number of amides is 1. The lowest BCUT2D eigenvalue weighted by atomic mass is 10.1. The molecule has 2 rings (SSSR count). The van der Waals surface area contributed by atoms with Crippen molar-refractivity contribution in [2.75, 3.05) is 5.32 Å². The molecule has 0 fully saturated rings. The Morgan fingerprint density at radius 3 is 2.45 bits per heavy atom. The van der Waals surface area contributed by atoms with Crippen LogP contribution >= 0.6 is 34.8 Å². The fraction of sp³-hybridized carbons (Fsp3) is 0. The van der Waals surface area contributed by atoms with Crippen LogP contribution < -0.4 is 5.32 Å². The van der Waals surface area contributed by atoms with Crippen molar-refractivity contribution in [2.45, 2.75) is 0 Å². The second kappa shape index (κ2) is 7.33. The summed E-state index contributed by atoms with van der Waals surface area (Å²) < 4.78 is 0. The monoisotopic (exact) mass is 350 g/mol. The van der Waals surface area contributed by atoms with Crippen LogP contribution in [-0.2, 0) is 4.79 Å². The molecule has 0 unspecified atom stereocenters. The zero-order valence-electron chi connectivity index (χ0n) is 11.1. The summed E-state index contributed by atoms with van der Waals surface area (Å²) in [4.78, 5) is 12.1. The Balaban J connectivity index is 2.28. The van der Waals surface area contributed by atoms with Crippen LogP contribution in [0.2, 0.25) is 15.1 Å². The lowest BCUT2D eigenvalue weighted by Crippen LogP contribution is -2.13. The summed E-state index contributed by atoms with van der Waals surface area (Å²) in [6.07, 6.45) is 1.39. The first-order valence-corrected chi connectivity index (χ1v) is 7.27. The largest absolute Gasteiger partial charge is 0.320 e. The van der Waals surface area contributed by atoms with Gasteiger partial charge >= 0.3 is 0 Å². The number of halogens is 3. The zero-order chi connectivity index (χ0) is 16.1. The summed E-state index contributed by atoms with van der Waals surface area (Å²) in [5.74, 6) is -0.568. The number of carbonyl (C=O) groups excluding carboxylic acids is 1. The van der Waals surface area contributed by atoms with Gasteiger partial charge in [0.05, 0.1) is 10.7 Å². The van der Waals surface area contributed by atoms with Crippen LogP contribution in [0.15, 0.2) is 48.0 Å². The molecule has 0 saturated carbocycles. The van der Waals surface area contributed by atoms with Crippen LogP contribution in [0.4, 0.5) is 5.69 Å². The molecule has 1 N–H and O–H groups in total. The van der Waals surface area contributed by atoms with Gasteiger partial charge in [0.2, 0.25) is 0 Å². The first-order chi connectivity index (χ1) is 10.5. The highest BCUT2D eigenvalue weighted by Crippen LogP contribution is 2.24. The van der Waals surface area contributed by atoms with Gasteiger partial charge in [-0.05, 0) is 35.9 Å². The Labute approximate surface area is 142 Å². The number of benzene rings is 2. The zero-order valence-corrected chi connectivity index (χ0v) is 13.4. The van der Waals surface area contributed by atoms with Crippen LogP contribution in [-0.4, -0.2) is 5.91 Å². The third-order valence-electron chi connectivity index (χ3n) is 2.75. The van der Waals surface area contributed by atoms with Crippen molar-refractivity contribution in [1.82, 2.24) is 0 Å². The highest BCUT2D eigenvalue weighted by Gasteiger charge is 2.12. The molecule has 0 heterocycles. The van der Waals surface area contributed by atoms with E-state index in [-0.39, 0.29) is 5.57 Å². The van der Waals surface area contributed by atoms with Crippen LogP contribution in [0.5, 0.6) is 0 Å². The smallest absolute Gasteiger partial charge is 0.266 e. The summed E-state index contributed by atoms with van der Waals surface area (Å²) in [7, 11) is 0. The van der Waals surface area contributed by atoms with Gasteiger partial charge in [-0.2, -0.15) is 5.26 Å². The van der Waals surface area contributed by atoms with E-state index in [1.807, 2.05) is 6.07 Å². The number of anilines is 1. The number of para-hydroxylation sites is 1. The maximum atomic E-state index is 12.1. The molecule has 2 aromatic rings. The first-order valence-electron chi connectivity index (χ1n) is 6.14. The van der Waals surface area contributed by atoms with E-state index in [1.54, 1.807) is 36.4 Å². The van der Waals surface area contributed by atoms with E-state index in [2.05, 4.69) is 5.32 Å². The molecule has 0 saturated heterocycles. The molecule has 22 heavy (non-hydrogen) atoms. The van der Waals surface area contributed by atoms with Gasteiger partial charge in [-0.25, -0.2) is 0 Å². The van der Waals surface area contributed by atoms with Gasteiger partial charge in [0, 0.05) is 10.0 Å². The van der Waals surface area contributed by atoms with E-state index in [1.165, 1.54) is 12.1 Å². The number of rotatable bonds is 3. The highest BCUT2D eigenvalue weighted by atomic mass is 35.5. The highest BCUT2D eigenvalue weighted by molar-refractivity contribution is 6.36. The minimum Gasteiger partial charge on any atom is -0.320 e. The quantitative estimate of drug-likeness (QED) is 0.611. The molecular weight excluding hydrogens is 343 g/mol. The molecule has 0 spiro atoms. The number of nitrogens with one attached hydrogen (secondary N) is 1. The van der Waals surface area contributed by atoms with Crippen molar-refractivity contribution >= 4 is 52.5 Å². The Hall–Kier alpha value is -1.99.